The summed E-state index contributed by atoms with van der Waals surface area (Å²) < 4.78 is 79.7. The molecule has 6 rings (SSSR count). The number of rotatable bonds is 8. The first kappa shape index (κ1) is 27.7. The van der Waals surface area contributed by atoms with Gasteiger partial charge in [0.15, 0.2) is 0 Å². The molecule has 39 heavy (non-hydrogen) atoms. The second kappa shape index (κ2) is 10.3. The lowest BCUT2D eigenvalue weighted by Crippen LogP contribution is -2.48. The summed E-state index contributed by atoms with van der Waals surface area (Å²) in [5, 5.41) is 11.5. The van der Waals surface area contributed by atoms with E-state index in [0.29, 0.717) is 37.9 Å². The number of nitrogens with one attached hydrogen (secondary N) is 1. The van der Waals surface area contributed by atoms with Gasteiger partial charge in [-0.3, -0.25) is 0 Å². The average molecular weight is 552 g/mol. The quantitative estimate of drug-likeness (QED) is 0.294. The highest BCUT2D eigenvalue weighted by molar-refractivity contribution is 5.80. The van der Waals surface area contributed by atoms with Gasteiger partial charge in [0.2, 0.25) is 0 Å². The van der Waals surface area contributed by atoms with Crippen LogP contribution >= 0.6 is 0 Å². The number of aliphatic hydroxyl groups is 1. The number of aromatic amines is 1. The van der Waals surface area contributed by atoms with Crippen LogP contribution in [0.25, 0.3) is 16.6 Å². The van der Waals surface area contributed by atoms with Crippen LogP contribution in [0.1, 0.15) is 54.6 Å². The van der Waals surface area contributed by atoms with Gasteiger partial charge >= 0.3 is 12.4 Å². The molecule has 3 aliphatic carbocycles. The number of fused-ring (bicyclic) bond motifs is 3. The number of alkyl halides is 6. The first-order valence-corrected chi connectivity index (χ1v) is 13.2. The maximum atomic E-state index is 13.4. The van der Waals surface area contributed by atoms with Gasteiger partial charge in [0.05, 0.1) is 22.2 Å². The minimum Gasteiger partial charge on any atom is -0.389 e. The van der Waals surface area contributed by atoms with Gasteiger partial charge in [-0.25, -0.2) is 4.98 Å². The summed E-state index contributed by atoms with van der Waals surface area (Å²) in [5.41, 5.74) is -1.77. The third-order valence-electron chi connectivity index (χ3n) is 8.19. The van der Waals surface area contributed by atoms with E-state index < -0.39 is 34.6 Å². The van der Waals surface area contributed by atoms with Gasteiger partial charge in [-0.05, 0) is 74.9 Å². The minimum absolute atomic E-state index is 0.103. The van der Waals surface area contributed by atoms with Crippen LogP contribution in [-0.2, 0) is 18.8 Å². The number of hydrogen-bond acceptors (Lipinski definition) is 3. The van der Waals surface area contributed by atoms with Crippen molar-refractivity contribution < 1.29 is 31.4 Å². The van der Waals surface area contributed by atoms with E-state index in [1.54, 1.807) is 0 Å². The Morgan fingerprint density at radius 3 is 2.41 bits per heavy atom. The summed E-state index contributed by atoms with van der Waals surface area (Å²) >= 11 is 0. The summed E-state index contributed by atoms with van der Waals surface area (Å²) in [6.45, 7) is 1.26. The van der Waals surface area contributed by atoms with Crippen molar-refractivity contribution in [3.05, 3.63) is 71.1 Å². The topological polar surface area (TPSA) is 52.2 Å². The molecule has 1 saturated carbocycles. The Morgan fingerprint density at radius 2 is 1.77 bits per heavy atom. The first-order valence-electron chi connectivity index (χ1n) is 13.2. The minimum atomic E-state index is -4.96. The molecule has 3 atom stereocenters. The fourth-order valence-corrected chi connectivity index (χ4v) is 6.12. The maximum Gasteiger partial charge on any atom is 0.418 e. The second-order valence-corrected chi connectivity index (χ2v) is 10.9. The highest BCUT2D eigenvalue weighted by Gasteiger charge is 2.46. The average Bonchev–Trinajstić information content (AvgIpc) is 3.29. The molecule has 0 spiro atoms. The number of H-pyrrole nitrogens is 1. The van der Waals surface area contributed by atoms with Crippen LogP contribution in [0.15, 0.2) is 48.5 Å². The normalized spacial score (nSPS) is 23.6. The predicted molar refractivity (Wildman–Crippen MR) is 137 cm³/mol. The Kier molecular flexibility index (Phi) is 7.30. The van der Waals surface area contributed by atoms with E-state index in [2.05, 4.69) is 33.1 Å². The van der Waals surface area contributed by atoms with Gasteiger partial charge in [0.1, 0.15) is 11.3 Å². The molecule has 3 aliphatic rings. The van der Waals surface area contributed by atoms with Crippen molar-refractivity contribution in [2.24, 2.45) is 11.8 Å². The first-order chi connectivity index (χ1) is 18.3. The van der Waals surface area contributed by atoms with Crippen molar-refractivity contribution in [1.82, 2.24) is 14.9 Å². The molecule has 0 amide bonds. The van der Waals surface area contributed by atoms with Crippen molar-refractivity contribution in [1.29, 1.82) is 0 Å². The molecular weight excluding hydrogens is 520 g/mol. The number of imidazole rings is 1. The zero-order valence-electron chi connectivity index (χ0n) is 21.5. The van der Waals surface area contributed by atoms with Crippen LogP contribution in [0.5, 0.6) is 0 Å². The molecule has 3 aromatic rings. The molecule has 1 heterocycles. The third-order valence-corrected chi connectivity index (χ3v) is 8.19. The lowest BCUT2D eigenvalue weighted by atomic mass is 9.61. The van der Waals surface area contributed by atoms with Crippen molar-refractivity contribution in [3.63, 3.8) is 0 Å². The Labute approximate surface area is 222 Å². The fourth-order valence-electron chi connectivity index (χ4n) is 6.12. The third kappa shape index (κ3) is 5.87. The second-order valence-electron chi connectivity index (χ2n) is 10.9. The van der Waals surface area contributed by atoms with Gasteiger partial charge in [-0.1, -0.05) is 36.4 Å². The van der Waals surface area contributed by atoms with Crippen molar-refractivity contribution in [2.75, 3.05) is 20.1 Å². The Balaban J connectivity index is 1.18. The fraction of sp³-hybridized carbons (Fsp3) is 0.483. The zero-order chi connectivity index (χ0) is 28.0. The molecule has 210 valence electrons. The van der Waals surface area contributed by atoms with E-state index >= 15 is 0 Å². The lowest BCUT2D eigenvalue weighted by molar-refractivity contribution is -0.142. The highest BCUT2D eigenvalue weighted by atomic mass is 19.4. The van der Waals surface area contributed by atoms with Crippen molar-refractivity contribution in [3.8, 4) is 0 Å². The molecule has 0 radical (unpaired) electrons. The van der Waals surface area contributed by atoms with Gasteiger partial charge in [0.25, 0.3) is 0 Å². The monoisotopic (exact) mass is 551 g/mol. The predicted octanol–water partition coefficient (Wildman–Crippen LogP) is 7.10. The van der Waals surface area contributed by atoms with Crippen LogP contribution in [-0.4, -0.2) is 45.7 Å². The molecule has 2 N–H and O–H groups in total. The highest BCUT2D eigenvalue weighted by Crippen LogP contribution is 2.51. The number of halogens is 6. The van der Waals surface area contributed by atoms with E-state index in [1.165, 1.54) is 11.1 Å². The zero-order valence-corrected chi connectivity index (χ0v) is 21.5. The number of hydrogen-bond donors (Lipinski definition) is 2. The van der Waals surface area contributed by atoms with Gasteiger partial charge in [-0.15, -0.1) is 0 Å². The van der Waals surface area contributed by atoms with Gasteiger partial charge < -0.3 is 15.0 Å². The Bertz CT molecular complexity index is 1350. The van der Waals surface area contributed by atoms with Crippen molar-refractivity contribution >= 4 is 16.6 Å². The Morgan fingerprint density at radius 1 is 1.03 bits per heavy atom. The van der Waals surface area contributed by atoms with E-state index in [1.807, 2.05) is 25.2 Å². The summed E-state index contributed by atoms with van der Waals surface area (Å²) in [5.74, 6) is 0.649. The molecular formula is C29H31F6N3O. The molecule has 2 aromatic carbocycles. The van der Waals surface area contributed by atoms with Crippen LogP contribution in [0.4, 0.5) is 26.3 Å². The van der Waals surface area contributed by atoms with E-state index in [4.69, 9.17) is 0 Å². The molecule has 4 nitrogen and oxygen atoms in total. The van der Waals surface area contributed by atoms with Crippen LogP contribution in [0, 0.1) is 11.8 Å². The number of benzene rings is 2. The standard InChI is InChI=1S/C29H31F6N3O/c1-38(13-11-27(39)17-19-9-10-20(27)14-22(19)18-6-3-2-4-7-18)12-5-8-25-36-24-16-21(28(30,31)32)15-23(26(24)37-25)29(33,34)35/h2-4,6-7,14-16,19-20,39H,5,8-13,17H2,1H3,(H,36,37)/t19-,20+,27+/m1/s1. The molecule has 10 heteroatoms. The van der Waals surface area contributed by atoms with Gasteiger partial charge in [0, 0.05) is 18.9 Å². The lowest BCUT2D eigenvalue weighted by Gasteiger charge is -2.48. The maximum absolute atomic E-state index is 13.4. The van der Waals surface area contributed by atoms with Crippen LogP contribution in [0.2, 0.25) is 0 Å². The molecule has 2 bridgehead atoms. The summed E-state index contributed by atoms with van der Waals surface area (Å²) in [6, 6.07) is 11.1. The largest absolute Gasteiger partial charge is 0.418 e. The number of aryl methyl sites for hydroxylation is 1. The smallest absolute Gasteiger partial charge is 0.389 e. The molecule has 1 aromatic heterocycles. The molecule has 0 saturated heterocycles. The molecule has 0 unspecified atom stereocenters. The number of nitrogens with zero attached hydrogens (tertiary/aromatic N) is 2. The van der Waals surface area contributed by atoms with Gasteiger partial charge in [-0.2, -0.15) is 26.3 Å². The van der Waals surface area contributed by atoms with E-state index in [0.717, 1.165) is 19.3 Å². The van der Waals surface area contributed by atoms with Crippen LogP contribution in [0.3, 0.4) is 0 Å². The number of aromatic nitrogens is 2. The van der Waals surface area contributed by atoms with E-state index in [-0.39, 0.29) is 29.7 Å². The molecule has 0 aliphatic heterocycles. The summed E-state index contributed by atoms with van der Waals surface area (Å²) in [6.07, 6.45) is -3.40. The van der Waals surface area contributed by atoms with Crippen LogP contribution < -0.4 is 0 Å². The molecule has 1 fully saturated rings. The summed E-state index contributed by atoms with van der Waals surface area (Å²) in [7, 11) is 1.92. The van der Waals surface area contributed by atoms with E-state index in [9.17, 15) is 31.4 Å². The number of allylic oxidation sites excluding steroid dienone is 1. The summed E-state index contributed by atoms with van der Waals surface area (Å²) in [4.78, 5) is 8.69. The SMILES string of the molecule is CN(CCCc1nc2c(C(F)(F)F)cc(C(F)(F)F)cc2[nH]1)CC[C@]1(O)C[C@H]2CC[C@H]1C=C2c1ccccc1. The van der Waals surface area contributed by atoms with Crippen molar-refractivity contribution in [2.45, 2.75) is 56.5 Å². The Hall–Kier alpha value is -2.85.